The second kappa shape index (κ2) is 2.67. The Kier molecular flexibility index (Phi) is 1.87. The fraction of sp³-hybridized carbons (Fsp3) is 0.143. The van der Waals surface area contributed by atoms with E-state index in [4.69, 9.17) is 5.11 Å². The SMILES string of the molecule is CC1=C[NH2+]C=C(C(=O)O)C1=O. The van der Waals surface area contributed by atoms with Gasteiger partial charge in [-0.2, -0.15) is 0 Å². The molecule has 0 amide bonds. The lowest BCUT2D eigenvalue weighted by atomic mass is 10.1. The Bertz CT molecular complexity index is 275. The zero-order valence-electron chi connectivity index (χ0n) is 6.00. The van der Waals surface area contributed by atoms with E-state index in [1.54, 1.807) is 18.4 Å². The summed E-state index contributed by atoms with van der Waals surface area (Å²) >= 11 is 0. The van der Waals surface area contributed by atoms with Gasteiger partial charge >= 0.3 is 5.97 Å². The van der Waals surface area contributed by atoms with Crippen LogP contribution in [0.15, 0.2) is 23.5 Å². The molecule has 1 rings (SSSR count). The van der Waals surface area contributed by atoms with Gasteiger partial charge in [0.2, 0.25) is 5.78 Å². The average molecular weight is 154 g/mol. The molecule has 0 aliphatic carbocycles. The molecular weight excluding hydrogens is 146 g/mol. The number of nitrogens with two attached hydrogens (primary N) is 1. The molecule has 0 aromatic rings. The highest BCUT2D eigenvalue weighted by molar-refractivity contribution is 6.23. The lowest BCUT2D eigenvalue weighted by Gasteiger charge is -2.03. The molecule has 0 atom stereocenters. The fourth-order valence-electron chi connectivity index (χ4n) is 0.821. The number of Topliss-reactive ketones (excluding diaryl/α,β-unsaturated/α-hetero) is 1. The van der Waals surface area contributed by atoms with Crippen molar-refractivity contribution in [1.29, 1.82) is 0 Å². The first-order valence-electron chi connectivity index (χ1n) is 3.13. The molecule has 0 bridgehead atoms. The Hall–Kier alpha value is -1.42. The molecule has 0 aromatic carbocycles. The zero-order chi connectivity index (χ0) is 8.43. The summed E-state index contributed by atoms with van der Waals surface area (Å²) in [6.45, 7) is 1.59. The van der Waals surface area contributed by atoms with Crippen LogP contribution in [-0.2, 0) is 9.59 Å². The van der Waals surface area contributed by atoms with Crippen LogP contribution in [0.3, 0.4) is 0 Å². The van der Waals surface area contributed by atoms with Crippen molar-refractivity contribution in [3.05, 3.63) is 23.5 Å². The number of allylic oxidation sites excluding steroid dienone is 1. The third-order valence-electron chi connectivity index (χ3n) is 1.44. The smallest absolute Gasteiger partial charge is 0.345 e. The van der Waals surface area contributed by atoms with Crippen LogP contribution in [-0.4, -0.2) is 16.9 Å². The van der Waals surface area contributed by atoms with Crippen molar-refractivity contribution in [1.82, 2.24) is 0 Å². The number of hydrogen-bond acceptors (Lipinski definition) is 2. The molecule has 3 N–H and O–H groups in total. The summed E-state index contributed by atoms with van der Waals surface area (Å²) in [5, 5.41) is 10.0. The van der Waals surface area contributed by atoms with Crippen LogP contribution < -0.4 is 5.32 Å². The summed E-state index contributed by atoms with van der Waals surface area (Å²) in [6, 6.07) is 0. The van der Waals surface area contributed by atoms with E-state index >= 15 is 0 Å². The number of carboxylic acid groups (broad SMARTS) is 1. The summed E-state index contributed by atoms with van der Waals surface area (Å²) in [5.74, 6) is -1.57. The van der Waals surface area contributed by atoms with Crippen molar-refractivity contribution >= 4 is 11.8 Å². The van der Waals surface area contributed by atoms with Gasteiger partial charge in [-0.3, -0.25) is 10.1 Å². The summed E-state index contributed by atoms with van der Waals surface area (Å²) in [7, 11) is 0. The highest BCUT2D eigenvalue weighted by Crippen LogP contribution is 2.05. The van der Waals surface area contributed by atoms with Gasteiger partial charge in [-0.1, -0.05) is 0 Å². The number of rotatable bonds is 1. The number of carbonyl (C=O) groups is 2. The molecule has 0 saturated carbocycles. The second-order valence-electron chi connectivity index (χ2n) is 2.26. The number of quaternary nitrogens is 1. The highest BCUT2D eigenvalue weighted by atomic mass is 16.4. The number of aliphatic carboxylic acids is 1. The van der Waals surface area contributed by atoms with Gasteiger partial charge in [0, 0.05) is 0 Å². The molecule has 4 nitrogen and oxygen atoms in total. The second-order valence-corrected chi connectivity index (χ2v) is 2.26. The largest absolute Gasteiger partial charge is 0.477 e. The van der Waals surface area contributed by atoms with E-state index in [2.05, 4.69) is 0 Å². The summed E-state index contributed by atoms with van der Waals surface area (Å²) in [4.78, 5) is 21.4. The van der Waals surface area contributed by atoms with Gasteiger partial charge < -0.3 is 5.11 Å². The number of ketones is 1. The Balaban J connectivity index is 2.93. The van der Waals surface area contributed by atoms with Crippen LogP contribution in [0.5, 0.6) is 0 Å². The van der Waals surface area contributed by atoms with Crippen LogP contribution in [0.2, 0.25) is 0 Å². The van der Waals surface area contributed by atoms with Crippen LogP contribution in [0.4, 0.5) is 0 Å². The topological polar surface area (TPSA) is 71.0 Å². The number of hydrogen-bond donors (Lipinski definition) is 2. The summed E-state index contributed by atoms with van der Waals surface area (Å²) in [5.41, 5.74) is 0.301. The monoisotopic (exact) mass is 154 g/mol. The maximum atomic E-state index is 11.0. The van der Waals surface area contributed by atoms with Crippen molar-refractivity contribution in [3.8, 4) is 0 Å². The number of carbonyl (C=O) groups excluding carboxylic acids is 1. The van der Waals surface area contributed by atoms with E-state index in [0.29, 0.717) is 5.57 Å². The van der Waals surface area contributed by atoms with Crippen LogP contribution in [0, 0.1) is 0 Å². The average Bonchev–Trinajstić information content (AvgIpc) is 1.94. The molecule has 0 spiro atoms. The predicted molar refractivity (Wildman–Crippen MR) is 36.4 cm³/mol. The first-order valence-corrected chi connectivity index (χ1v) is 3.13. The molecule has 1 aliphatic rings. The molecule has 0 radical (unpaired) electrons. The Morgan fingerprint density at radius 2 is 2.18 bits per heavy atom. The minimum absolute atomic E-state index is 0.162. The van der Waals surface area contributed by atoms with E-state index < -0.39 is 11.8 Å². The van der Waals surface area contributed by atoms with Crippen molar-refractivity contribution in [2.45, 2.75) is 6.92 Å². The molecule has 0 saturated heterocycles. The third-order valence-corrected chi connectivity index (χ3v) is 1.44. The third kappa shape index (κ3) is 1.35. The first kappa shape index (κ1) is 7.68. The maximum absolute atomic E-state index is 11.0. The highest BCUT2D eigenvalue weighted by Gasteiger charge is 2.23. The lowest BCUT2D eigenvalue weighted by Crippen LogP contribution is -2.73. The number of carboxylic acids is 1. The molecule has 1 aliphatic heterocycles. The fourth-order valence-corrected chi connectivity index (χ4v) is 0.821. The summed E-state index contributed by atoms with van der Waals surface area (Å²) < 4.78 is 0. The normalized spacial score (nSPS) is 17.4. The van der Waals surface area contributed by atoms with Gasteiger partial charge in [0.1, 0.15) is 12.4 Å². The Morgan fingerprint density at radius 3 is 2.64 bits per heavy atom. The van der Waals surface area contributed by atoms with E-state index in [0.717, 1.165) is 0 Å². The molecule has 11 heavy (non-hydrogen) atoms. The van der Waals surface area contributed by atoms with E-state index in [1.807, 2.05) is 0 Å². The molecule has 58 valence electrons. The van der Waals surface area contributed by atoms with Crippen LogP contribution in [0.25, 0.3) is 0 Å². The minimum Gasteiger partial charge on any atom is -0.477 e. The van der Waals surface area contributed by atoms with Gasteiger partial charge in [-0.15, -0.1) is 0 Å². The van der Waals surface area contributed by atoms with E-state index in [9.17, 15) is 9.59 Å². The Labute approximate surface area is 63.2 Å². The predicted octanol–water partition coefficient (Wildman–Crippen LogP) is -0.995. The quantitative estimate of drug-likeness (QED) is 0.476. The summed E-state index contributed by atoms with van der Waals surface area (Å²) in [6.07, 6.45) is 2.90. The van der Waals surface area contributed by atoms with E-state index in [1.165, 1.54) is 6.20 Å². The van der Waals surface area contributed by atoms with Crippen molar-refractivity contribution in [2.75, 3.05) is 0 Å². The van der Waals surface area contributed by atoms with Gasteiger partial charge in [-0.05, 0) is 6.92 Å². The van der Waals surface area contributed by atoms with Gasteiger partial charge in [-0.25, -0.2) is 4.79 Å². The molecule has 0 unspecified atom stereocenters. The van der Waals surface area contributed by atoms with Crippen molar-refractivity contribution in [3.63, 3.8) is 0 Å². The van der Waals surface area contributed by atoms with Crippen molar-refractivity contribution < 1.29 is 20.0 Å². The van der Waals surface area contributed by atoms with Crippen LogP contribution in [0.1, 0.15) is 6.92 Å². The van der Waals surface area contributed by atoms with Gasteiger partial charge in [0.25, 0.3) is 0 Å². The molecule has 1 heterocycles. The van der Waals surface area contributed by atoms with Crippen LogP contribution >= 0.6 is 0 Å². The molecule has 0 aromatic heterocycles. The molecular formula is C7H8NO3+. The first-order chi connectivity index (χ1) is 5.13. The lowest BCUT2D eigenvalue weighted by molar-refractivity contribution is -0.516. The zero-order valence-corrected chi connectivity index (χ0v) is 6.00. The molecule has 4 heteroatoms. The van der Waals surface area contributed by atoms with Gasteiger partial charge in [0.15, 0.2) is 5.57 Å². The standard InChI is InChI=1S/C7H7NO3/c1-4-2-8-3-5(6(4)9)7(10)11/h2-3H,1H3,(H,8,9)(H,10,11)/p+1. The Morgan fingerprint density at radius 1 is 1.55 bits per heavy atom. The minimum atomic E-state index is -1.17. The van der Waals surface area contributed by atoms with E-state index in [-0.39, 0.29) is 5.57 Å². The molecule has 0 fully saturated rings. The van der Waals surface area contributed by atoms with Gasteiger partial charge in [0.05, 0.1) is 5.57 Å². The van der Waals surface area contributed by atoms with Crippen molar-refractivity contribution in [2.24, 2.45) is 0 Å². The maximum Gasteiger partial charge on any atom is 0.345 e.